The second-order valence-corrected chi connectivity index (χ2v) is 7.44. The summed E-state index contributed by atoms with van der Waals surface area (Å²) < 4.78 is 0. The van der Waals surface area contributed by atoms with Crippen molar-refractivity contribution in [3.05, 3.63) is 30.3 Å². The van der Waals surface area contributed by atoms with Gasteiger partial charge in [0.05, 0.1) is 0 Å². The second-order valence-electron chi connectivity index (χ2n) is 6.34. The Labute approximate surface area is 127 Å². The van der Waals surface area contributed by atoms with Crippen LogP contribution < -0.4 is 5.73 Å². The van der Waals surface area contributed by atoms with Gasteiger partial charge in [0.1, 0.15) is 0 Å². The van der Waals surface area contributed by atoms with Crippen molar-refractivity contribution in [2.24, 2.45) is 11.7 Å². The first-order chi connectivity index (χ1) is 9.81. The quantitative estimate of drug-likeness (QED) is 0.707. The Kier molecular flexibility index (Phi) is 5.03. The molecular weight excluding hydrogens is 264 g/mol. The first-order valence-corrected chi connectivity index (χ1v) is 8.97. The number of hydrogen-bond acceptors (Lipinski definition) is 3. The molecule has 110 valence electrons. The van der Waals surface area contributed by atoms with Gasteiger partial charge in [0.2, 0.25) is 0 Å². The van der Waals surface area contributed by atoms with E-state index >= 15 is 0 Å². The van der Waals surface area contributed by atoms with E-state index in [4.69, 9.17) is 5.73 Å². The van der Waals surface area contributed by atoms with Gasteiger partial charge < -0.3 is 10.6 Å². The Morgan fingerprint density at radius 1 is 1.15 bits per heavy atom. The maximum atomic E-state index is 6.29. The van der Waals surface area contributed by atoms with E-state index in [2.05, 4.69) is 35.2 Å². The van der Waals surface area contributed by atoms with E-state index in [0.717, 1.165) is 24.1 Å². The Morgan fingerprint density at radius 2 is 1.90 bits per heavy atom. The van der Waals surface area contributed by atoms with Crippen LogP contribution in [-0.2, 0) is 0 Å². The predicted molar refractivity (Wildman–Crippen MR) is 87.1 cm³/mol. The average molecular weight is 290 g/mol. The summed E-state index contributed by atoms with van der Waals surface area (Å²) in [7, 11) is 0. The number of thioether (sulfide) groups is 1. The molecule has 0 radical (unpaired) electrons. The third kappa shape index (κ3) is 4.80. The molecule has 0 saturated heterocycles. The fraction of sp³-hybridized carbons (Fsp3) is 0.647. The summed E-state index contributed by atoms with van der Waals surface area (Å²) in [4.78, 5) is 4.05. The number of rotatable bonds is 9. The van der Waals surface area contributed by atoms with Crippen LogP contribution in [0.2, 0.25) is 0 Å². The number of benzene rings is 1. The fourth-order valence-corrected chi connectivity index (χ4v) is 3.55. The smallest absolute Gasteiger partial charge is 0.0146 e. The summed E-state index contributed by atoms with van der Waals surface area (Å²) in [6.45, 7) is 2.54. The van der Waals surface area contributed by atoms with Crippen LogP contribution in [0.4, 0.5) is 0 Å². The van der Waals surface area contributed by atoms with Crippen molar-refractivity contribution in [1.29, 1.82) is 0 Å². The average Bonchev–Trinajstić information content (AvgIpc) is 3.35. The molecule has 3 heteroatoms. The van der Waals surface area contributed by atoms with E-state index in [1.54, 1.807) is 0 Å². The Balaban J connectivity index is 1.36. The molecule has 2 nitrogen and oxygen atoms in total. The normalized spacial score (nSPS) is 20.3. The highest BCUT2D eigenvalue weighted by Crippen LogP contribution is 2.34. The monoisotopic (exact) mass is 290 g/mol. The van der Waals surface area contributed by atoms with Crippen molar-refractivity contribution >= 4 is 11.8 Å². The largest absolute Gasteiger partial charge is 0.327 e. The molecule has 2 aliphatic rings. The second kappa shape index (κ2) is 6.97. The van der Waals surface area contributed by atoms with Crippen LogP contribution in [0.3, 0.4) is 0 Å². The summed E-state index contributed by atoms with van der Waals surface area (Å²) in [5.41, 5.74) is 6.29. The van der Waals surface area contributed by atoms with Crippen molar-refractivity contribution in [3.63, 3.8) is 0 Å². The summed E-state index contributed by atoms with van der Waals surface area (Å²) in [6.07, 6.45) is 6.89. The van der Waals surface area contributed by atoms with Crippen molar-refractivity contribution < 1.29 is 0 Å². The lowest BCUT2D eigenvalue weighted by atomic mass is 10.2. The molecule has 1 aromatic carbocycles. The molecule has 2 N–H and O–H groups in total. The molecule has 0 aromatic heterocycles. The van der Waals surface area contributed by atoms with E-state index in [-0.39, 0.29) is 0 Å². The minimum Gasteiger partial charge on any atom is -0.327 e. The lowest BCUT2D eigenvalue weighted by molar-refractivity contribution is 0.245. The minimum atomic E-state index is 0.320. The van der Waals surface area contributed by atoms with Gasteiger partial charge >= 0.3 is 0 Å². The first kappa shape index (κ1) is 14.4. The van der Waals surface area contributed by atoms with Crippen molar-refractivity contribution in [3.8, 4) is 0 Å². The maximum Gasteiger partial charge on any atom is 0.0146 e. The van der Waals surface area contributed by atoms with Crippen LogP contribution in [0.1, 0.15) is 32.1 Å². The van der Waals surface area contributed by atoms with Gasteiger partial charge in [-0.2, -0.15) is 0 Å². The zero-order valence-electron chi connectivity index (χ0n) is 12.2. The van der Waals surface area contributed by atoms with Crippen molar-refractivity contribution in [2.45, 2.75) is 49.1 Å². The predicted octanol–water partition coefficient (Wildman–Crippen LogP) is 3.37. The number of nitrogens with two attached hydrogens (primary N) is 1. The topological polar surface area (TPSA) is 29.3 Å². The zero-order valence-corrected chi connectivity index (χ0v) is 13.0. The van der Waals surface area contributed by atoms with Crippen molar-refractivity contribution in [2.75, 3.05) is 18.8 Å². The van der Waals surface area contributed by atoms with E-state index in [9.17, 15) is 0 Å². The first-order valence-electron chi connectivity index (χ1n) is 7.99. The maximum absolute atomic E-state index is 6.29. The lowest BCUT2D eigenvalue weighted by Gasteiger charge is -2.23. The lowest BCUT2D eigenvalue weighted by Crippen LogP contribution is -2.34. The van der Waals surface area contributed by atoms with Gasteiger partial charge in [-0.3, -0.25) is 0 Å². The van der Waals surface area contributed by atoms with Crippen molar-refractivity contribution in [1.82, 2.24) is 4.90 Å². The van der Waals surface area contributed by atoms with Crippen LogP contribution in [-0.4, -0.2) is 35.8 Å². The molecule has 2 fully saturated rings. The summed E-state index contributed by atoms with van der Waals surface area (Å²) in [5.74, 6) is 2.04. The zero-order chi connectivity index (χ0) is 13.8. The number of hydrogen-bond donors (Lipinski definition) is 1. The number of nitrogens with zero attached hydrogens (tertiary/aromatic N) is 1. The van der Waals surface area contributed by atoms with Gasteiger partial charge in [-0.1, -0.05) is 18.2 Å². The molecule has 1 aromatic rings. The van der Waals surface area contributed by atoms with Gasteiger partial charge in [-0.05, 0) is 56.7 Å². The molecule has 0 spiro atoms. The molecule has 2 aliphatic carbocycles. The van der Waals surface area contributed by atoms with Crippen LogP contribution in [0.15, 0.2) is 35.2 Å². The Bertz CT molecular complexity index is 401. The van der Waals surface area contributed by atoms with Crippen LogP contribution in [0, 0.1) is 5.92 Å². The Morgan fingerprint density at radius 3 is 2.55 bits per heavy atom. The summed E-state index contributed by atoms with van der Waals surface area (Å²) in [5, 5.41) is 0. The third-order valence-electron chi connectivity index (χ3n) is 4.25. The molecular formula is C17H26N2S. The highest BCUT2D eigenvalue weighted by Gasteiger charge is 2.33. The fourth-order valence-electron chi connectivity index (χ4n) is 2.63. The van der Waals surface area contributed by atoms with Gasteiger partial charge in [0.25, 0.3) is 0 Å². The molecule has 0 bridgehead atoms. The summed E-state index contributed by atoms with van der Waals surface area (Å²) >= 11 is 1.89. The SMILES string of the molecule is N[C@H](CCN(CC1CC1)C1CC1)CSc1ccccc1. The molecule has 1 atom stereocenters. The molecule has 3 rings (SSSR count). The van der Waals surface area contributed by atoms with Crippen LogP contribution >= 0.6 is 11.8 Å². The van der Waals surface area contributed by atoms with E-state index in [0.29, 0.717) is 6.04 Å². The van der Waals surface area contributed by atoms with Crippen LogP contribution in [0.5, 0.6) is 0 Å². The van der Waals surface area contributed by atoms with E-state index in [1.165, 1.54) is 43.7 Å². The highest BCUT2D eigenvalue weighted by molar-refractivity contribution is 7.99. The van der Waals surface area contributed by atoms with Gasteiger partial charge in [-0.25, -0.2) is 0 Å². The van der Waals surface area contributed by atoms with E-state index < -0.39 is 0 Å². The van der Waals surface area contributed by atoms with Gasteiger partial charge in [0, 0.05) is 29.3 Å². The highest BCUT2D eigenvalue weighted by atomic mass is 32.2. The molecule has 0 aliphatic heterocycles. The van der Waals surface area contributed by atoms with Gasteiger partial charge in [0.15, 0.2) is 0 Å². The minimum absolute atomic E-state index is 0.320. The standard InChI is InChI=1S/C17H26N2S/c18-15(13-20-17-4-2-1-3-5-17)10-11-19(16-8-9-16)12-14-6-7-14/h1-5,14-16H,6-13,18H2/t15-/m1/s1. The van der Waals surface area contributed by atoms with Crippen LogP contribution in [0.25, 0.3) is 0 Å². The molecule has 0 unspecified atom stereocenters. The molecule has 20 heavy (non-hydrogen) atoms. The third-order valence-corrected chi connectivity index (χ3v) is 5.45. The van der Waals surface area contributed by atoms with E-state index in [1.807, 2.05) is 11.8 Å². The van der Waals surface area contributed by atoms with Gasteiger partial charge in [-0.15, -0.1) is 11.8 Å². The molecule has 0 amide bonds. The molecule has 2 saturated carbocycles. The summed E-state index contributed by atoms with van der Waals surface area (Å²) in [6, 6.07) is 11.8. The molecule has 0 heterocycles. The Hall–Kier alpha value is -0.510.